The highest BCUT2D eigenvalue weighted by Gasteiger charge is 2.08. The summed E-state index contributed by atoms with van der Waals surface area (Å²) in [6.07, 6.45) is 1.35. The summed E-state index contributed by atoms with van der Waals surface area (Å²) in [5.41, 5.74) is 5.16. The van der Waals surface area contributed by atoms with Crippen molar-refractivity contribution in [2.75, 3.05) is 17.8 Å². The van der Waals surface area contributed by atoms with E-state index in [2.05, 4.69) is 14.4 Å². The van der Waals surface area contributed by atoms with Gasteiger partial charge in [0, 0.05) is 19.3 Å². The third kappa shape index (κ3) is 4.43. The predicted octanol–water partition coefficient (Wildman–Crippen LogP) is -0.0600. The molecule has 0 aliphatic rings. The van der Waals surface area contributed by atoms with Crippen molar-refractivity contribution >= 4 is 27.6 Å². The van der Waals surface area contributed by atoms with E-state index in [1.54, 1.807) is 0 Å². The molecule has 6 nitrogen and oxygen atoms in total. The Bertz CT molecular complexity index is 406. The molecule has 0 aliphatic heterocycles. The zero-order valence-electron chi connectivity index (χ0n) is 7.77. The highest BCUT2D eigenvalue weighted by Crippen LogP contribution is 2.09. The zero-order valence-corrected chi connectivity index (χ0v) is 9.35. The Labute approximate surface area is 93.0 Å². The largest absolute Gasteiger partial charge is 0.329 e. The summed E-state index contributed by atoms with van der Waals surface area (Å²) < 4.78 is 27.0. The van der Waals surface area contributed by atoms with Crippen LogP contribution in [0.4, 0.5) is 5.82 Å². The zero-order chi connectivity index (χ0) is 11.3. The Morgan fingerprint density at radius 1 is 1.47 bits per heavy atom. The van der Waals surface area contributed by atoms with Crippen LogP contribution in [0.25, 0.3) is 0 Å². The van der Waals surface area contributed by atoms with Gasteiger partial charge in [-0.1, -0.05) is 11.6 Å². The molecule has 15 heavy (non-hydrogen) atoms. The summed E-state index contributed by atoms with van der Waals surface area (Å²) in [4.78, 5) is 3.78. The number of anilines is 1. The van der Waals surface area contributed by atoms with Crippen molar-refractivity contribution in [3.63, 3.8) is 0 Å². The SMILES string of the molecule is NCCNS(=O)(=O)Nc1ccc(Cl)cn1. The predicted molar refractivity (Wildman–Crippen MR) is 58.8 cm³/mol. The van der Waals surface area contributed by atoms with Crippen molar-refractivity contribution in [3.8, 4) is 0 Å². The average molecular weight is 251 g/mol. The minimum absolute atomic E-state index is 0.170. The van der Waals surface area contributed by atoms with Crippen LogP contribution in [0, 0.1) is 0 Å². The van der Waals surface area contributed by atoms with E-state index in [-0.39, 0.29) is 18.9 Å². The fraction of sp³-hybridized carbons (Fsp3) is 0.286. The van der Waals surface area contributed by atoms with Gasteiger partial charge >= 0.3 is 0 Å². The van der Waals surface area contributed by atoms with E-state index in [0.29, 0.717) is 5.02 Å². The number of rotatable bonds is 5. The van der Waals surface area contributed by atoms with Gasteiger partial charge in [-0.05, 0) is 12.1 Å². The molecule has 0 saturated carbocycles. The third-order valence-corrected chi connectivity index (χ3v) is 2.69. The van der Waals surface area contributed by atoms with Crippen molar-refractivity contribution in [2.24, 2.45) is 5.73 Å². The standard InChI is InChI=1S/C7H11ClN4O2S/c8-6-1-2-7(10-5-6)12-15(13,14)11-4-3-9/h1-2,5,11H,3-4,9H2,(H,10,12). The maximum atomic E-state index is 11.3. The van der Waals surface area contributed by atoms with Crippen molar-refractivity contribution in [1.82, 2.24) is 9.71 Å². The van der Waals surface area contributed by atoms with Crippen LogP contribution < -0.4 is 15.2 Å². The second-order valence-corrected chi connectivity index (χ2v) is 4.59. The number of aromatic nitrogens is 1. The number of hydrogen-bond donors (Lipinski definition) is 3. The highest BCUT2D eigenvalue weighted by atomic mass is 35.5. The first kappa shape index (κ1) is 12.2. The molecular weight excluding hydrogens is 240 g/mol. The summed E-state index contributed by atoms with van der Waals surface area (Å²) in [5.74, 6) is 0.198. The van der Waals surface area contributed by atoms with E-state index in [1.807, 2.05) is 0 Å². The molecule has 0 amide bonds. The molecular formula is C7H11ClN4O2S. The van der Waals surface area contributed by atoms with Crippen molar-refractivity contribution in [2.45, 2.75) is 0 Å². The van der Waals surface area contributed by atoms with Gasteiger partial charge in [0.15, 0.2) is 0 Å². The molecule has 0 spiro atoms. The van der Waals surface area contributed by atoms with E-state index >= 15 is 0 Å². The third-order valence-electron chi connectivity index (χ3n) is 1.40. The summed E-state index contributed by atoms with van der Waals surface area (Å²) >= 11 is 5.59. The summed E-state index contributed by atoms with van der Waals surface area (Å²) in [6, 6.07) is 3.00. The number of nitrogens with zero attached hydrogens (tertiary/aromatic N) is 1. The normalized spacial score (nSPS) is 11.3. The number of halogens is 1. The molecule has 0 fully saturated rings. The first-order valence-electron chi connectivity index (χ1n) is 4.12. The highest BCUT2D eigenvalue weighted by molar-refractivity contribution is 7.90. The van der Waals surface area contributed by atoms with Gasteiger partial charge in [-0.3, -0.25) is 4.72 Å². The topological polar surface area (TPSA) is 97.1 Å². The molecule has 0 saturated heterocycles. The number of nitrogens with two attached hydrogens (primary N) is 1. The van der Waals surface area contributed by atoms with E-state index in [9.17, 15) is 8.42 Å². The van der Waals surface area contributed by atoms with Gasteiger partial charge in [0.2, 0.25) is 0 Å². The van der Waals surface area contributed by atoms with Crippen molar-refractivity contribution in [1.29, 1.82) is 0 Å². The van der Waals surface area contributed by atoms with Crippen LogP contribution in [0.1, 0.15) is 0 Å². The second kappa shape index (κ2) is 5.26. The van der Waals surface area contributed by atoms with Gasteiger partial charge in [-0.15, -0.1) is 0 Å². The molecule has 1 heterocycles. The number of hydrogen-bond acceptors (Lipinski definition) is 4. The minimum atomic E-state index is -3.60. The molecule has 0 aromatic carbocycles. The van der Waals surface area contributed by atoms with Gasteiger partial charge in [-0.2, -0.15) is 13.1 Å². The smallest absolute Gasteiger partial charge is 0.300 e. The Morgan fingerprint density at radius 2 is 2.20 bits per heavy atom. The van der Waals surface area contributed by atoms with E-state index < -0.39 is 10.2 Å². The maximum Gasteiger partial charge on any atom is 0.300 e. The van der Waals surface area contributed by atoms with Crippen molar-refractivity contribution < 1.29 is 8.42 Å². The van der Waals surface area contributed by atoms with Gasteiger partial charge < -0.3 is 5.73 Å². The minimum Gasteiger partial charge on any atom is -0.329 e. The molecule has 1 aromatic rings. The summed E-state index contributed by atoms with van der Waals surface area (Å²) in [5, 5.41) is 0.438. The molecule has 0 aliphatic carbocycles. The van der Waals surface area contributed by atoms with Crippen LogP contribution in [0.15, 0.2) is 18.3 Å². The molecule has 4 N–H and O–H groups in total. The Morgan fingerprint density at radius 3 is 2.73 bits per heavy atom. The first-order chi connectivity index (χ1) is 7.03. The number of pyridine rings is 1. The van der Waals surface area contributed by atoms with Crippen molar-refractivity contribution in [3.05, 3.63) is 23.4 Å². The van der Waals surface area contributed by atoms with E-state index in [4.69, 9.17) is 17.3 Å². The first-order valence-corrected chi connectivity index (χ1v) is 5.98. The Hall–Kier alpha value is -0.890. The summed E-state index contributed by atoms with van der Waals surface area (Å²) in [7, 11) is -3.60. The molecule has 0 bridgehead atoms. The lowest BCUT2D eigenvalue weighted by Crippen LogP contribution is -2.34. The van der Waals surface area contributed by atoms with Gasteiger partial charge in [0.1, 0.15) is 5.82 Å². The molecule has 0 atom stereocenters. The average Bonchev–Trinajstić information content (AvgIpc) is 2.18. The van der Waals surface area contributed by atoms with Gasteiger partial charge in [-0.25, -0.2) is 4.98 Å². The molecule has 84 valence electrons. The fourth-order valence-corrected chi connectivity index (χ4v) is 1.77. The van der Waals surface area contributed by atoms with Crippen LogP contribution in [0.2, 0.25) is 5.02 Å². The molecule has 1 aromatic heterocycles. The second-order valence-electron chi connectivity index (χ2n) is 2.65. The fourth-order valence-electron chi connectivity index (χ4n) is 0.803. The maximum absolute atomic E-state index is 11.3. The molecule has 0 unspecified atom stereocenters. The lowest BCUT2D eigenvalue weighted by atomic mass is 10.5. The Kier molecular flexibility index (Phi) is 4.28. The van der Waals surface area contributed by atoms with Crippen LogP contribution in [-0.2, 0) is 10.2 Å². The van der Waals surface area contributed by atoms with Crippen LogP contribution in [0.5, 0.6) is 0 Å². The monoisotopic (exact) mass is 250 g/mol. The lowest BCUT2D eigenvalue weighted by molar-refractivity contribution is 0.587. The van der Waals surface area contributed by atoms with Crippen LogP contribution >= 0.6 is 11.6 Å². The lowest BCUT2D eigenvalue weighted by Gasteiger charge is -2.07. The van der Waals surface area contributed by atoms with Gasteiger partial charge in [0.05, 0.1) is 5.02 Å². The number of nitrogens with one attached hydrogen (secondary N) is 2. The molecule has 8 heteroatoms. The quantitative estimate of drug-likeness (QED) is 0.682. The molecule has 1 rings (SSSR count). The van der Waals surface area contributed by atoms with Crippen LogP contribution in [0.3, 0.4) is 0 Å². The van der Waals surface area contributed by atoms with E-state index in [0.717, 1.165) is 0 Å². The summed E-state index contributed by atoms with van der Waals surface area (Å²) in [6.45, 7) is 0.401. The van der Waals surface area contributed by atoms with Crippen LogP contribution in [-0.4, -0.2) is 26.5 Å². The van der Waals surface area contributed by atoms with Gasteiger partial charge in [0.25, 0.3) is 10.2 Å². The molecule has 0 radical (unpaired) electrons. The van der Waals surface area contributed by atoms with E-state index in [1.165, 1.54) is 18.3 Å². The Balaban J connectivity index is 2.65.